The van der Waals surface area contributed by atoms with Crippen LogP contribution in [0, 0.1) is 4.77 Å². The molecule has 0 unspecified atom stereocenters. The molecule has 0 fully saturated rings. The molecule has 0 bridgehead atoms. The second kappa shape index (κ2) is 6.52. The summed E-state index contributed by atoms with van der Waals surface area (Å²) < 4.78 is 7.53. The van der Waals surface area contributed by atoms with Crippen LogP contribution >= 0.6 is 12.2 Å². The van der Waals surface area contributed by atoms with Gasteiger partial charge in [0.1, 0.15) is 0 Å². The number of benzene rings is 1. The molecule has 0 saturated carbocycles. The minimum atomic E-state index is -0.237. The van der Waals surface area contributed by atoms with Crippen molar-refractivity contribution in [1.82, 2.24) is 9.55 Å². The predicted molar refractivity (Wildman–Crippen MR) is 80.2 cm³/mol. The summed E-state index contributed by atoms with van der Waals surface area (Å²) in [6.45, 7) is 2.19. The maximum atomic E-state index is 11.7. The van der Waals surface area contributed by atoms with Gasteiger partial charge < -0.3 is 14.3 Å². The van der Waals surface area contributed by atoms with E-state index in [-0.39, 0.29) is 12.4 Å². The van der Waals surface area contributed by atoms with Crippen LogP contribution in [0.3, 0.4) is 0 Å². The number of esters is 1. The Morgan fingerprint density at radius 3 is 2.70 bits per heavy atom. The van der Waals surface area contributed by atoms with E-state index in [4.69, 9.17) is 17.0 Å². The largest absolute Gasteiger partial charge is 0.466 e. The SMILES string of the molecule is CCOC(=O)Cc1[nH]c(=S)n(C)c1Cc1ccccc1. The van der Waals surface area contributed by atoms with Crippen molar-refractivity contribution in [3.05, 3.63) is 52.1 Å². The van der Waals surface area contributed by atoms with Gasteiger partial charge in [-0.25, -0.2) is 0 Å². The summed E-state index contributed by atoms with van der Waals surface area (Å²) >= 11 is 5.25. The molecule has 0 spiro atoms. The van der Waals surface area contributed by atoms with Gasteiger partial charge in [0.05, 0.1) is 13.0 Å². The zero-order chi connectivity index (χ0) is 14.5. The van der Waals surface area contributed by atoms with Crippen molar-refractivity contribution >= 4 is 18.2 Å². The van der Waals surface area contributed by atoms with E-state index in [1.54, 1.807) is 6.92 Å². The third kappa shape index (κ3) is 3.36. The molecule has 1 aromatic heterocycles. The predicted octanol–water partition coefficient (Wildman–Crippen LogP) is 2.78. The zero-order valence-corrected chi connectivity index (χ0v) is 12.5. The van der Waals surface area contributed by atoms with Gasteiger partial charge in [-0.05, 0) is 24.7 Å². The Kier molecular flexibility index (Phi) is 4.74. The third-order valence-corrected chi connectivity index (χ3v) is 3.53. The first kappa shape index (κ1) is 14.5. The molecule has 0 amide bonds. The monoisotopic (exact) mass is 290 g/mol. The molecule has 20 heavy (non-hydrogen) atoms. The van der Waals surface area contributed by atoms with Crippen LogP contribution in [0.15, 0.2) is 30.3 Å². The molecular formula is C15H18N2O2S. The molecule has 1 heterocycles. The summed E-state index contributed by atoms with van der Waals surface area (Å²) in [5, 5.41) is 0. The Morgan fingerprint density at radius 2 is 2.05 bits per heavy atom. The molecule has 2 rings (SSSR count). The van der Waals surface area contributed by atoms with Gasteiger partial charge in [-0.3, -0.25) is 4.79 Å². The highest BCUT2D eigenvalue weighted by Gasteiger charge is 2.14. The van der Waals surface area contributed by atoms with Crippen molar-refractivity contribution in [1.29, 1.82) is 0 Å². The summed E-state index contributed by atoms with van der Waals surface area (Å²) in [6.07, 6.45) is 0.958. The number of aromatic amines is 1. The van der Waals surface area contributed by atoms with Gasteiger partial charge >= 0.3 is 5.97 Å². The van der Waals surface area contributed by atoms with Crippen molar-refractivity contribution < 1.29 is 9.53 Å². The van der Waals surface area contributed by atoms with Crippen LogP contribution in [0.25, 0.3) is 0 Å². The number of carbonyl (C=O) groups is 1. The van der Waals surface area contributed by atoms with Crippen molar-refractivity contribution in [2.45, 2.75) is 19.8 Å². The van der Waals surface area contributed by atoms with E-state index in [1.807, 2.05) is 29.8 Å². The highest BCUT2D eigenvalue weighted by Crippen LogP contribution is 2.15. The standard InChI is InChI=1S/C15H18N2O2S/c1-3-19-14(18)10-12-13(17(2)15(20)16-12)9-11-7-5-4-6-8-11/h4-8H,3,9-10H2,1-2H3,(H,16,20). The summed E-state index contributed by atoms with van der Waals surface area (Å²) in [5.74, 6) is -0.237. The van der Waals surface area contributed by atoms with Crippen molar-refractivity contribution in [2.75, 3.05) is 6.61 Å². The summed E-state index contributed by atoms with van der Waals surface area (Å²) in [4.78, 5) is 14.8. The van der Waals surface area contributed by atoms with E-state index >= 15 is 0 Å². The van der Waals surface area contributed by atoms with Gasteiger partial charge in [0, 0.05) is 24.9 Å². The van der Waals surface area contributed by atoms with Crippen LogP contribution in [0.4, 0.5) is 0 Å². The molecule has 0 aliphatic carbocycles. The smallest absolute Gasteiger partial charge is 0.311 e. The minimum Gasteiger partial charge on any atom is -0.466 e. The zero-order valence-electron chi connectivity index (χ0n) is 11.7. The Bertz CT molecular complexity index is 644. The molecule has 0 aliphatic rings. The van der Waals surface area contributed by atoms with Crippen LogP contribution < -0.4 is 0 Å². The fraction of sp³-hybridized carbons (Fsp3) is 0.333. The first-order valence-corrected chi connectivity index (χ1v) is 6.99. The van der Waals surface area contributed by atoms with E-state index in [1.165, 1.54) is 5.56 Å². The third-order valence-electron chi connectivity index (χ3n) is 3.16. The van der Waals surface area contributed by atoms with Crippen molar-refractivity contribution in [3.8, 4) is 0 Å². The molecule has 106 valence electrons. The van der Waals surface area contributed by atoms with Gasteiger partial charge in [-0.2, -0.15) is 0 Å². The Labute approximate surface area is 123 Å². The van der Waals surface area contributed by atoms with Crippen LogP contribution in [0.1, 0.15) is 23.9 Å². The second-order valence-electron chi connectivity index (χ2n) is 4.56. The number of imidazole rings is 1. The number of rotatable bonds is 5. The number of nitrogens with one attached hydrogen (secondary N) is 1. The molecule has 1 N–H and O–H groups in total. The van der Waals surface area contributed by atoms with E-state index < -0.39 is 0 Å². The molecule has 4 nitrogen and oxygen atoms in total. The number of ether oxygens (including phenoxy) is 1. The molecule has 5 heteroatoms. The number of H-pyrrole nitrogens is 1. The lowest BCUT2D eigenvalue weighted by molar-refractivity contribution is -0.142. The fourth-order valence-electron chi connectivity index (χ4n) is 2.13. The molecule has 1 aromatic carbocycles. The van der Waals surface area contributed by atoms with Gasteiger partial charge in [0.2, 0.25) is 0 Å². The van der Waals surface area contributed by atoms with Crippen LogP contribution in [-0.4, -0.2) is 22.1 Å². The highest BCUT2D eigenvalue weighted by molar-refractivity contribution is 7.71. The Morgan fingerprint density at radius 1 is 1.35 bits per heavy atom. The van der Waals surface area contributed by atoms with Gasteiger partial charge in [0.15, 0.2) is 4.77 Å². The average molecular weight is 290 g/mol. The first-order valence-electron chi connectivity index (χ1n) is 6.58. The summed E-state index contributed by atoms with van der Waals surface area (Å²) in [7, 11) is 1.91. The van der Waals surface area contributed by atoms with Crippen LogP contribution in [0.2, 0.25) is 0 Å². The maximum absolute atomic E-state index is 11.7. The first-order chi connectivity index (χ1) is 9.61. The van der Waals surface area contributed by atoms with E-state index in [0.29, 0.717) is 11.4 Å². The van der Waals surface area contributed by atoms with Gasteiger partial charge in [-0.1, -0.05) is 30.3 Å². The second-order valence-corrected chi connectivity index (χ2v) is 4.95. The highest BCUT2D eigenvalue weighted by atomic mass is 32.1. The number of hydrogen-bond donors (Lipinski definition) is 1. The lowest BCUT2D eigenvalue weighted by atomic mass is 10.1. The van der Waals surface area contributed by atoms with E-state index in [0.717, 1.165) is 17.8 Å². The lowest BCUT2D eigenvalue weighted by Crippen LogP contribution is -2.10. The molecule has 0 saturated heterocycles. The summed E-state index contributed by atoms with van der Waals surface area (Å²) in [5.41, 5.74) is 3.04. The van der Waals surface area contributed by atoms with Gasteiger partial charge in [-0.15, -0.1) is 0 Å². The fourth-order valence-corrected chi connectivity index (χ4v) is 2.36. The van der Waals surface area contributed by atoms with Crippen LogP contribution in [0.5, 0.6) is 0 Å². The summed E-state index contributed by atoms with van der Waals surface area (Å²) in [6, 6.07) is 10.1. The molecular weight excluding hydrogens is 272 g/mol. The van der Waals surface area contributed by atoms with E-state index in [2.05, 4.69) is 17.1 Å². The van der Waals surface area contributed by atoms with E-state index in [9.17, 15) is 4.79 Å². The number of hydrogen-bond acceptors (Lipinski definition) is 3. The maximum Gasteiger partial charge on any atom is 0.311 e. The molecule has 0 atom stereocenters. The normalized spacial score (nSPS) is 10.5. The molecule has 0 aliphatic heterocycles. The Balaban J connectivity index is 2.27. The Hall–Kier alpha value is -1.88. The molecule has 2 aromatic rings. The quantitative estimate of drug-likeness (QED) is 0.680. The number of carbonyl (C=O) groups excluding carboxylic acids is 1. The number of nitrogens with zero attached hydrogens (tertiary/aromatic N) is 1. The minimum absolute atomic E-state index is 0.223. The van der Waals surface area contributed by atoms with Crippen molar-refractivity contribution in [3.63, 3.8) is 0 Å². The molecule has 0 radical (unpaired) electrons. The average Bonchev–Trinajstić information content (AvgIpc) is 2.68. The number of aromatic nitrogens is 2. The topological polar surface area (TPSA) is 47.0 Å². The van der Waals surface area contributed by atoms with Crippen LogP contribution in [-0.2, 0) is 29.4 Å². The van der Waals surface area contributed by atoms with Crippen molar-refractivity contribution in [2.24, 2.45) is 7.05 Å². The lowest BCUT2D eigenvalue weighted by Gasteiger charge is -2.07. The van der Waals surface area contributed by atoms with Gasteiger partial charge in [0.25, 0.3) is 0 Å².